The first-order chi connectivity index (χ1) is 9.78. The lowest BCUT2D eigenvalue weighted by Crippen LogP contribution is -2.30. The van der Waals surface area contributed by atoms with Crippen LogP contribution in [0.1, 0.15) is 57.4 Å². The van der Waals surface area contributed by atoms with Gasteiger partial charge >= 0.3 is 0 Å². The zero-order chi connectivity index (χ0) is 14.2. The number of halogens is 1. The van der Waals surface area contributed by atoms with Crippen molar-refractivity contribution in [3.8, 4) is 0 Å². The molecular weight excluding hydrogens is 249 g/mol. The molecule has 1 aromatic rings. The van der Waals surface area contributed by atoms with E-state index in [1.807, 2.05) is 12.1 Å². The predicted octanol–water partition coefficient (Wildman–Crippen LogP) is 4.71. The van der Waals surface area contributed by atoms with Gasteiger partial charge in [0.2, 0.25) is 0 Å². The second-order valence-electron chi connectivity index (χ2n) is 6.19. The third-order valence-corrected chi connectivity index (χ3v) is 4.55. The van der Waals surface area contributed by atoms with Crippen molar-refractivity contribution in [2.45, 2.75) is 64.3 Å². The minimum atomic E-state index is -0.146. The van der Waals surface area contributed by atoms with Gasteiger partial charge in [-0.15, -0.1) is 0 Å². The highest BCUT2D eigenvalue weighted by Crippen LogP contribution is 2.26. The van der Waals surface area contributed by atoms with Gasteiger partial charge in [0.05, 0.1) is 0 Å². The van der Waals surface area contributed by atoms with Gasteiger partial charge < -0.3 is 5.32 Å². The summed E-state index contributed by atoms with van der Waals surface area (Å²) in [6.45, 7) is 3.30. The molecule has 2 heteroatoms. The molecule has 112 valence electrons. The molecule has 0 heterocycles. The van der Waals surface area contributed by atoms with Crippen molar-refractivity contribution < 1.29 is 4.39 Å². The zero-order valence-electron chi connectivity index (χ0n) is 12.7. The Kier molecular flexibility index (Phi) is 6.52. The summed E-state index contributed by atoms with van der Waals surface area (Å²) >= 11 is 0. The van der Waals surface area contributed by atoms with Crippen LogP contribution >= 0.6 is 0 Å². The van der Waals surface area contributed by atoms with Gasteiger partial charge in [-0.3, -0.25) is 0 Å². The molecule has 0 aliphatic heterocycles. The first kappa shape index (κ1) is 15.5. The van der Waals surface area contributed by atoms with Gasteiger partial charge in [0.15, 0.2) is 0 Å². The highest BCUT2D eigenvalue weighted by atomic mass is 19.1. The Bertz CT molecular complexity index is 374. The summed E-state index contributed by atoms with van der Waals surface area (Å²) in [5, 5.41) is 3.69. The lowest BCUT2D eigenvalue weighted by atomic mass is 9.95. The molecule has 0 radical (unpaired) electrons. The Hall–Kier alpha value is -0.890. The quantitative estimate of drug-likeness (QED) is 0.743. The van der Waals surface area contributed by atoms with Crippen LogP contribution in [0.4, 0.5) is 4.39 Å². The van der Waals surface area contributed by atoms with Crippen LogP contribution in [0.25, 0.3) is 0 Å². The smallest absolute Gasteiger partial charge is 0.123 e. The molecule has 1 fully saturated rings. The maximum Gasteiger partial charge on any atom is 0.123 e. The lowest BCUT2D eigenvalue weighted by molar-refractivity contribution is 0.411. The summed E-state index contributed by atoms with van der Waals surface area (Å²) in [5.41, 5.74) is 1.22. The van der Waals surface area contributed by atoms with E-state index in [4.69, 9.17) is 0 Å². The van der Waals surface area contributed by atoms with Crippen LogP contribution in [0.2, 0.25) is 0 Å². The van der Waals surface area contributed by atoms with E-state index in [1.54, 1.807) is 12.1 Å². The van der Waals surface area contributed by atoms with Crippen molar-refractivity contribution in [1.82, 2.24) is 5.32 Å². The summed E-state index contributed by atoms with van der Waals surface area (Å²) in [7, 11) is 0. The Morgan fingerprint density at radius 1 is 1.10 bits per heavy atom. The SMILES string of the molecule is CCCC1CCCC(NCCc2ccc(F)cc2)CC1. The Morgan fingerprint density at radius 2 is 1.90 bits per heavy atom. The Morgan fingerprint density at radius 3 is 2.65 bits per heavy atom. The van der Waals surface area contributed by atoms with Gasteiger partial charge in [-0.25, -0.2) is 4.39 Å². The topological polar surface area (TPSA) is 12.0 Å². The first-order valence-corrected chi connectivity index (χ1v) is 8.25. The van der Waals surface area contributed by atoms with E-state index in [-0.39, 0.29) is 5.82 Å². The van der Waals surface area contributed by atoms with Crippen molar-refractivity contribution >= 4 is 0 Å². The van der Waals surface area contributed by atoms with Crippen LogP contribution < -0.4 is 5.32 Å². The van der Waals surface area contributed by atoms with Gasteiger partial charge in [-0.1, -0.05) is 44.7 Å². The van der Waals surface area contributed by atoms with E-state index >= 15 is 0 Å². The van der Waals surface area contributed by atoms with E-state index in [0.717, 1.165) is 18.9 Å². The van der Waals surface area contributed by atoms with Crippen molar-refractivity contribution in [3.05, 3.63) is 35.6 Å². The summed E-state index contributed by atoms with van der Waals surface area (Å²) in [6, 6.07) is 7.58. The monoisotopic (exact) mass is 277 g/mol. The van der Waals surface area contributed by atoms with Crippen molar-refractivity contribution in [1.29, 1.82) is 0 Å². The third-order valence-electron chi connectivity index (χ3n) is 4.55. The average molecular weight is 277 g/mol. The molecule has 1 aromatic carbocycles. The highest BCUT2D eigenvalue weighted by molar-refractivity contribution is 5.16. The van der Waals surface area contributed by atoms with Crippen molar-refractivity contribution in [2.24, 2.45) is 5.92 Å². The number of nitrogens with one attached hydrogen (secondary N) is 1. The van der Waals surface area contributed by atoms with E-state index in [0.29, 0.717) is 6.04 Å². The van der Waals surface area contributed by atoms with Crippen LogP contribution in [0.15, 0.2) is 24.3 Å². The number of rotatable bonds is 6. The van der Waals surface area contributed by atoms with Crippen LogP contribution in [0, 0.1) is 11.7 Å². The molecule has 2 rings (SSSR count). The second kappa shape index (κ2) is 8.41. The largest absolute Gasteiger partial charge is 0.314 e. The number of hydrogen-bond donors (Lipinski definition) is 1. The fourth-order valence-electron chi connectivity index (χ4n) is 3.35. The molecule has 2 atom stereocenters. The van der Waals surface area contributed by atoms with Crippen LogP contribution in [0.3, 0.4) is 0 Å². The summed E-state index contributed by atoms with van der Waals surface area (Å²) in [6.07, 6.45) is 10.6. The maximum atomic E-state index is 12.8. The minimum absolute atomic E-state index is 0.146. The molecular formula is C18H28FN. The molecule has 0 spiro atoms. The Balaban J connectivity index is 1.67. The van der Waals surface area contributed by atoms with Crippen molar-refractivity contribution in [2.75, 3.05) is 6.54 Å². The minimum Gasteiger partial charge on any atom is -0.314 e. The molecule has 0 saturated heterocycles. The van der Waals surface area contributed by atoms with E-state index < -0.39 is 0 Å². The summed E-state index contributed by atoms with van der Waals surface area (Å²) in [4.78, 5) is 0. The first-order valence-electron chi connectivity index (χ1n) is 8.25. The molecule has 1 aliphatic rings. The Labute approximate surface area is 123 Å². The molecule has 0 amide bonds. The van der Waals surface area contributed by atoms with Crippen LogP contribution in [-0.4, -0.2) is 12.6 Å². The van der Waals surface area contributed by atoms with E-state index in [9.17, 15) is 4.39 Å². The third kappa shape index (κ3) is 5.24. The number of benzene rings is 1. The maximum absolute atomic E-state index is 12.8. The summed E-state index contributed by atoms with van der Waals surface area (Å²) < 4.78 is 12.8. The molecule has 0 bridgehead atoms. The van der Waals surface area contributed by atoms with E-state index in [1.165, 1.54) is 50.5 Å². The highest BCUT2D eigenvalue weighted by Gasteiger charge is 2.17. The summed E-state index contributed by atoms with van der Waals surface area (Å²) in [5.74, 6) is 0.816. The fraction of sp³-hybridized carbons (Fsp3) is 0.667. The zero-order valence-corrected chi connectivity index (χ0v) is 12.7. The number of hydrogen-bond acceptors (Lipinski definition) is 1. The molecule has 2 unspecified atom stereocenters. The van der Waals surface area contributed by atoms with Gasteiger partial charge in [-0.05, 0) is 55.8 Å². The van der Waals surface area contributed by atoms with Gasteiger partial charge in [0.25, 0.3) is 0 Å². The fourth-order valence-corrected chi connectivity index (χ4v) is 3.35. The van der Waals surface area contributed by atoms with E-state index in [2.05, 4.69) is 12.2 Å². The second-order valence-corrected chi connectivity index (χ2v) is 6.19. The van der Waals surface area contributed by atoms with Crippen LogP contribution in [0.5, 0.6) is 0 Å². The molecule has 1 saturated carbocycles. The van der Waals surface area contributed by atoms with Gasteiger partial charge in [0.1, 0.15) is 5.82 Å². The standard InChI is InChI=1S/C18H28FN/c1-2-4-15-5-3-6-18(12-9-15)20-14-13-16-7-10-17(19)11-8-16/h7-8,10-11,15,18,20H,2-6,9,12-14H2,1H3. The normalized spacial score (nSPS) is 23.5. The predicted molar refractivity (Wildman–Crippen MR) is 83.4 cm³/mol. The average Bonchev–Trinajstić information content (AvgIpc) is 2.67. The molecule has 0 aromatic heterocycles. The molecule has 1 N–H and O–H groups in total. The van der Waals surface area contributed by atoms with Crippen LogP contribution in [-0.2, 0) is 6.42 Å². The van der Waals surface area contributed by atoms with Gasteiger partial charge in [-0.2, -0.15) is 0 Å². The molecule has 20 heavy (non-hydrogen) atoms. The molecule has 1 aliphatic carbocycles. The van der Waals surface area contributed by atoms with Gasteiger partial charge in [0, 0.05) is 6.04 Å². The lowest BCUT2D eigenvalue weighted by Gasteiger charge is -2.17. The molecule has 1 nitrogen and oxygen atoms in total. The van der Waals surface area contributed by atoms with Crippen molar-refractivity contribution in [3.63, 3.8) is 0 Å².